The molecule has 0 saturated carbocycles. The number of hydrogen-bond donors (Lipinski definition) is 2. The van der Waals surface area contributed by atoms with Crippen LogP contribution in [0.5, 0.6) is 0 Å². The molecule has 1 aromatic heterocycles. The van der Waals surface area contributed by atoms with Crippen LogP contribution < -0.4 is 11.1 Å². The molecule has 3 N–H and O–H groups in total. The van der Waals surface area contributed by atoms with Crippen LogP contribution in [0.3, 0.4) is 0 Å². The third-order valence-corrected chi connectivity index (χ3v) is 2.17. The Hall–Kier alpha value is -1.23. The summed E-state index contributed by atoms with van der Waals surface area (Å²) in [5, 5.41) is 3.05. The highest BCUT2D eigenvalue weighted by molar-refractivity contribution is 5.22. The Morgan fingerprint density at radius 1 is 1.40 bits per heavy atom. The molecule has 0 unspecified atom stereocenters. The zero-order valence-electron chi connectivity index (χ0n) is 9.13. The minimum Gasteiger partial charge on any atom is -0.354 e. The number of nitrogens with zero attached hydrogens (tertiary/aromatic N) is 2. The summed E-state index contributed by atoms with van der Waals surface area (Å²) >= 11 is 0. The number of anilines is 1. The van der Waals surface area contributed by atoms with Gasteiger partial charge < -0.3 is 11.1 Å². The van der Waals surface area contributed by atoms with Crippen LogP contribution in [0.2, 0.25) is 0 Å². The van der Waals surface area contributed by atoms with Crippen molar-refractivity contribution in [1.82, 2.24) is 9.97 Å². The fraction of sp³-hybridized carbons (Fsp3) is 0.600. The lowest BCUT2D eigenvalue weighted by atomic mass is 9.89. The zero-order chi connectivity index (χ0) is 11.3. The molecule has 0 fully saturated rings. The lowest BCUT2D eigenvalue weighted by molar-refractivity contribution is 0.364. The number of hydrogen-bond acceptors (Lipinski definition) is 4. The van der Waals surface area contributed by atoms with Gasteiger partial charge in [-0.25, -0.2) is 14.4 Å². The van der Waals surface area contributed by atoms with Gasteiger partial charge >= 0.3 is 0 Å². The van der Waals surface area contributed by atoms with E-state index in [-0.39, 0.29) is 5.41 Å². The molecule has 0 radical (unpaired) electrons. The highest BCUT2D eigenvalue weighted by Gasteiger charge is 2.16. The van der Waals surface area contributed by atoms with Crippen LogP contribution in [0, 0.1) is 11.2 Å². The fourth-order valence-electron chi connectivity index (χ4n) is 1.20. The van der Waals surface area contributed by atoms with Gasteiger partial charge in [-0.15, -0.1) is 0 Å². The normalized spacial score (nSPS) is 11.5. The summed E-state index contributed by atoms with van der Waals surface area (Å²) in [5.74, 6) is 0.0169. The maximum absolute atomic E-state index is 12.5. The van der Waals surface area contributed by atoms with Gasteiger partial charge in [-0.2, -0.15) is 0 Å². The van der Waals surface area contributed by atoms with Crippen molar-refractivity contribution in [2.24, 2.45) is 11.1 Å². The molecule has 84 valence electrons. The van der Waals surface area contributed by atoms with Crippen molar-refractivity contribution in [2.75, 3.05) is 18.4 Å². The first kappa shape index (κ1) is 11.8. The molecule has 0 atom stereocenters. The third-order valence-electron chi connectivity index (χ3n) is 2.17. The van der Waals surface area contributed by atoms with E-state index in [9.17, 15) is 4.39 Å². The first-order chi connectivity index (χ1) is 7.03. The van der Waals surface area contributed by atoms with Gasteiger partial charge in [0.1, 0.15) is 0 Å². The van der Waals surface area contributed by atoms with Crippen molar-refractivity contribution < 1.29 is 4.39 Å². The summed E-state index contributed by atoms with van der Waals surface area (Å²) < 4.78 is 12.5. The quantitative estimate of drug-likeness (QED) is 0.774. The number of rotatable bonds is 5. The maximum atomic E-state index is 12.5. The molecule has 4 nitrogen and oxygen atoms in total. The molecule has 0 aliphatic rings. The number of aromatic nitrogens is 2. The Kier molecular flexibility index (Phi) is 3.96. The van der Waals surface area contributed by atoms with Gasteiger partial charge in [0.15, 0.2) is 5.82 Å². The second kappa shape index (κ2) is 5.02. The summed E-state index contributed by atoms with van der Waals surface area (Å²) in [6, 6.07) is 0. The molecule has 1 heterocycles. The van der Waals surface area contributed by atoms with Gasteiger partial charge in [-0.1, -0.05) is 13.8 Å². The van der Waals surface area contributed by atoms with Gasteiger partial charge in [0.05, 0.1) is 12.4 Å². The lowest BCUT2D eigenvalue weighted by Gasteiger charge is -2.23. The maximum Gasteiger partial charge on any atom is 0.222 e. The first-order valence-corrected chi connectivity index (χ1v) is 4.95. The number of nitrogens with one attached hydrogen (secondary N) is 1. The molecule has 0 saturated heterocycles. The Morgan fingerprint density at radius 3 is 2.53 bits per heavy atom. The fourth-order valence-corrected chi connectivity index (χ4v) is 1.20. The smallest absolute Gasteiger partial charge is 0.222 e. The van der Waals surface area contributed by atoms with E-state index in [0.717, 1.165) is 25.4 Å². The van der Waals surface area contributed by atoms with Crippen LogP contribution in [-0.4, -0.2) is 23.1 Å². The number of halogens is 1. The molecule has 0 bridgehead atoms. The third kappa shape index (κ3) is 4.20. The Bertz CT molecular complexity index is 297. The molecular weight excluding hydrogens is 195 g/mol. The van der Waals surface area contributed by atoms with Gasteiger partial charge in [0, 0.05) is 6.54 Å². The largest absolute Gasteiger partial charge is 0.354 e. The molecule has 15 heavy (non-hydrogen) atoms. The lowest BCUT2D eigenvalue weighted by Crippen LogP contribution is -2.26. The standard InChI is InChI=1S/C10H17FN4/c1-10(2,3-4-12)7-15-9-13-5-8(11)6-14-9/h5-6H,3-4,7,12H2,1-2H3,(H,13,14,15). The summed E-state index contributed by atoms with van der Waals surface area (Å²) in [7, 11) is 0. The van der Waals surface area contributed by atoms with Crippen LogP contribution >= 0.6 is 0 Å². The van der Waals surface area contributed by atoms with Crippen LogP contribution in [-0.2, 0) is 0 Å². The van der Waals surface area contributed by atoms with Gasteiger partial charge in [0.25, 0.3) is 0 Å². The predicted octanol–water partition coefficient (Wildman–Crippen LogP) is 1.40. The van der Waals surface area contributed by atoms with Crippen LogP contribution in [0.15, 0.2) is 12.4 Å². The molecule has 0 aromatic carbocycles. The van der Waals surface area contributed by atoms with Crippen molar-refractivity contribution in [1.29, 1.82) is 0 Å². The van der Waals surface area contributed by atoms with E-state index in [1.54, 1.807) is 0 Å². The second-order valence-corrected chi connectivity index (χ2v) is 4.28. The minimum absolute atomic E-state index is 0.0898. The average molecular weight is 212 g/mol. The van der Waals surface area contributed by atoms with Crippen molar-refractivity contribution in [3.05, 3.63) is 18.2 Å². The van der Waals surface area contributed by atoms with Crippen molar-refractivity contribution in [3.63, 3.8) is 0 Å². The molecule has 1 aromatic rings. The van der Waals surface area contributed by atoms with Gasteiger partial charge in [-0.3, -0.25) is 0 Å². The van der Waals surface area contributed by atoms with Crippen LogP contribution in [0.1, 0.15) is 20.3 Å². The topological polar surface area (TPSA) is 63.8 Å². The van der Waals surface area contributed by atoms with Crippen LogP contribution in [0.25, 0.3) is 0 Å². The van der Waals surface area contributed by atoms with E-state index in [0.29, 0.717) is 12.5 Å². The Balaban J connectivity index is 2.46. The van der Waals surface area contributed by atoms with Crippen molar-refractivity contribution >= 4 is 5.95 Å². The Labute approximate surface area is 89.1 Å². The van der Waals surface area contributed by atoms with E-state index in [4.69, 9.17) is 5.73 Å². The predicted molar refractivity (Wildman–Crippen MR) is 57.9 cm³/mol. The highest BCUT2D eigenvalue weighted by atomic mass is 19.1. The minimum atomic E-state index is -0.429. The van der Waals surface area contributed by atoms with E-state index >= 15 is 0 Å². The van der Waals surface area contributed by atoms with E-state index in [1.165, 1.54) is 0 Å². The summed E-state index contributed by atoms with van der Waals surface area (Å²) in [5.41, 5.74) is 5.58. The van der Waals surface area contributed by atoms with Gasteiger partial charge in [0.2, 0.25) is 5.95 Å². The van der Waals surface area contributed by atoms with Crippen LogP contribution in [0.4, 0.5) is 10.3 Å². The molecule has 0 aliphatic heterocycles. The monoisotopic (exact) mass is 212 g/mol. The van der Waals surface area contributed by atoms with E-state index in [2.05, 4.69) is 29.1 Å². The second-order valence-electron chi connectivity index (χ2n) is 4.28. The SMILES string of the molecule is CC(C)(CCN)CNc1ncc(F)cn1. The highest BCUT2D eigenvalue weighted by Crippen LogP contribution is 2.19. The average Bonchev–Trinajstić information content (AvgIpc) is 2.17. The number of nitrogens with two attached hydrogens (primary N) is 1. The van der Waals surface area contributed by atoms with Crippen molar-refractivity contribution in [3.8, 4) is 0 Å². The molecule has 0 aliphatic carbocycles. The summed E-state index contributed by atoms with van der Waals surface area (Å²) in [6.45, 7) is 5.58. The van der Waals surface area contributed by atoms with Gasteiger partial charge in [-0.05, 0) is 18.4 Å². The molecular formula is C10H17FN4. The summed E-state index contributed by atoms with van der Waals surface area (Å²) in [4.78, 5) is 7.63. The van der Waals surface area contributed by atoms with E-state index < -0.39 is 5.82 Å². The molecule has 0 spiro atoms. The summed E-state index contributed by atoms with van der Waals surface area (Å²) in [6.07, 6.45) is 3.21. The molecule has 0 amide bonds. The van der Waals surface area contributed by atoms with E-state index in [1.807, 2.05) is 0 Å². The molecule has 1 rings (SSSR count). The first-order valence-electron chi connectivity index (χ1n) is 4.95. The zero-order valence-corrected chi connectivity index (χ0v) is 9.13. The molecule has 5 heteroatoms. The van der Waals surface area contributed by atoms with Crippen molar-refractivity contribution in [2.45, 2.75) is 20.3 Å². The Morgan fingerprint density at radius 2 is 2.00 bits per heavy atom.